The largest absolute Gasteiger partial charge is 0.466 e. The second-order valence-corrected chi connectivity index (χ2v) is 6.46. The molecular formula is C19H29ClN2O3. The summed E-state index contributed by atoms with van der Waals surface area (Å²) in [6.07, 6.45) is 2.26. The van der Waals surface area contributed by atoms with Crippen LogP contribution in [0.5, 0.6) is 0 Å². The molecule has 0 aromatic heterocycles. The summed E-state index contributed by atoms with van der Waals surface area (Å²) in [5, 5.41) is 6.31. The van der Waals surface area contributed by atoms with Gasteiger partial charge in [-0.25, -0.2) is 0 Å². The van der Waals surface area contributed by atoms with E-state index in [0.29, 0.717) is 25.6 Å². The lowest BCUT2D eigenvalue weighted by Gasteiger charge is -2.27. The lowest BCUT2D eigenvalue weighted by molar-refractivity contribution is -0.148. The summed E-state index contributed by atoms with van der Waals surface area (Å²) in [6.45, 7) is 5.43. The molecule has 0 saturated carbocycles. The van der Waals surface area contributed by atoms with Crippen molar-refractivity contribution in [2.24, 2.45) is 11.8 Å². The Bertz CT molecular complexity index is 539. The molecule has 0 aliphatic carbocycles. The molecule has 25 heavy (non-hydrogen) atoms. The van der Waals surface area contributed by atoms with Gasteiger partial charge in [0.15, 0.2) is 0 Å². The summed E-state index contributed by atoms with van der Waals surface area (Å²) in [4.78, 5) is 24.6. The monoisotopic (exact) mass is 368 g/mol. The molecule has 1 aromatic rings. The van der Waals surface area contributed by atoms with Crippen LogP contribution in [0.2, 0.25) is 0 Å². The third-order valence-electron chi connectivity index (χ3n) is 4.46. The predicted molar refractivity (Wildman–Crippen MR) is 101 cm³/mol. The SMILES string of the molecule is CCOC(=O)C(CNC(=O)[C@H]1CCN[C@@H](C)C1)Cc1ccccc1.Cl. The Morgan fingerprint density at radius 2 is 2.04 bits per heavy atom. The third kappa shape index (κ3) is 7.04. The van der Waals surface area contributed by atoms with Gasteiger partial charge >= 0.3 is 5.97 Å². The van der Waals surface area contributed by atoms with Crippen molar-refractivity contribution in [2.45, 2.75) is 39.2 Å². The van der Waals surface area contributed by atoms with Crippen LogP contribution in [0.3, 0.4) is 0 Å². The van der Waals surface area contributed by atoms with E-state index in [9.17, 15) is 9.59 Å². The summed E-state index contributed by atoms with van der Waals surface area (Å²) in [6, 6.07) is 10.2. The Kier molecular flexibility index (Phi) is 9.53. The zero-order valence-electron chi connectivity index (χ0n) is 15.0. The maximum atomic E-state index is 12.4. The minimum absolute atomic E-state index is 0. The average Bonchev–Trinajstić information content (AvgIpc) is 2.59. The van der Waals surface area contributed by atoms with Gasteiger partial charge in [0, 0.05) is 18.5 Å². The summed E-state index contributed by atoms with van der Waals surface area (Å²) in [5.74, 6) is -0.526. The average molecular weight is 369 g/mol. The molecule has 2 rings (SSSR count). The van der Waals surface area contributed by atoms with Crippen LogP contribution in [0.25, 0.3) is 0 Å². The molecule has 1 unspecified atom stereocenters. The number of esters is 1. The van der Waals surface area contributed by atoms with Crippen molar-refractivity contribution in [1.82, 2.24) is 10.6 Å². The molecule has 0 radical (unpaired) electrons. The minimum atomic E-state index is -0.351. The molecule has 1 aromatic carbocycles. The number of halogens is 1. The van der Waals surface area contributed by atoms with Crippen molar-refractivity contribution in [3.05, 3.63) is 35.9 Å². The highest BCUT2D eigenvalue weighted by atomic mass is 35.5. The maximum Gasteiger partial charge on any atom is 0.311 e. The number of rotatable bonds is 7. The van der Waals surface area contributed by atoms with Gasteiger partial charge in [0.2, 0.25) is 5.91 Å². The Balaban J connectivity index is 0.00000312. The minimum Gasteiger partial charge on any atom is -0.466 e. The summed E-state index contributed by atoms with van der Waals surface area (Å²) >= 11 is 0. The van der Waals surface area contributed by atoms with Crippen LogP contribution >= 0.6 is 12.4 Å². The van der Waals surface area contributed by atoms with Gasteiger partial charge in [0.05, 0.1) is 12.5 Å². The van der Waals surface area contributed by atoms with Crippen LogP contribution in [0.15, 0.2) is 30.3 Å². The van der Waals surface area contributed by atoms with Crippen molar-refractivity contribution < 1.29 is 14.3 Å². The van der Waals surface area contributed by atoms with E-state index in [4.69, 9.17) is 4.74 Å². The van der Waals surface area contributed by atoms with Gasteiger partial charge in [-0.15, -0.1) is 12.4 Å². The molecule has 5 nitrogen and oxygen atoms in total. The normalized spacial score (nSPS) is 20.9. The van der Waals surface area contributed by atoms with Gasteiger partial charge in [-0.05, 0) is 45.2 Å². The molecule has 1 fully saturated rings. The molecule has 3 atom stereocenters. The smallest absolute Gasteiger partial charge is 0.311 e. The number of carbonyl (C=O) groups is 2. The number of hydrogen-bond donors (Lipinski definition) is 2. The lowest BCUT2D eigenvalue weighted by Crippen LogP contribution is -2.44. The van der Waals surface area contributed by atoms with E-state index < -0.39 is 0 Å². The van der Waals surface area contributed by atoms with Gasteiger partial charge < -0.3 is 15.4 Å². The molecule has 1 heterocycles. The van der Waals surface area contributed by atoms with Gasteiger partial charge in [0.1, 0.15) is 0 Å². The second kappa shape index (κ2) is 11.1. The number of piperidine rings is 1. The van der Waals surface area contributed by atoms with E-state index in [1.165, 1.54) is 0 Å². The van der Waals surface area contributed by atoms with Crippen LogP contribution in [0.1, 0.15) is 32.3 Å². The molecule has 140 valence electrons. The first-order valence-corrected chi connectivity index (χ1v) is 8.81. The van der Waals surface area contributed by atoms with Crippen molar-refractivity contribution in [2.75, 3.05) is 19.7 Å². The van der Waals surface area contributed by atoms with Crippen molar-refractivity contribution >= 4 is 24.3 Å². The molecule has 0 bridgehead atoms. The fourth-order valence-corrected chi connectivity index (χ4v) is 3.14. The first-order valence-electron chi connectivity index (χ1n) is 8.81. The summed E-state index contributed by atoms with van der Waals surface area (Å²) in [7, 11) is 0. The topological polar surface area (TPSA) is 67.4 Å². The third-order valence-corrected chi connectivity index (χ3v) is 4.46. The highest BCUT2D eigenvalue weighted by Gasteiger charge is 2.27. The van der Waals surface area contributed by atoms with E-state index in [0.717, 1.165) is 24.9 Å². The molecule has 1 aliphatic rings. The van der Waals surface area contributed by atoms with Gasteiger partial charge in [-0.2, -0.15) is 0 Å². The number of benzene rings is 1. The molecule has 6 heteroatoms. The van der Waals surface area contributed by atoms with Crippen LogP contribution < -0.4 is 10.6 Å². The van der Waals surface area contributed by atoms with Gasteiger partial charge in [0.25, 0.3) is 0 Å². The second-order valence-electron chi connectivity index (χ2n) is 6.46. The molecule has 0 spiro atoms. The summed E-state index contributed by atoms with van der Waals surface area (Å²) < 4.78 is 5.17. The number of hydrogen-bond acceptors (Lipinski definition) is 4. The highest BCUT2D eigenvalue weighted by Crippen LogP contribution is 2.17. The first-order chi connectivity index (χ1) is 11.6. The Morgan fingerprint density at radius 1 is 1.32 bits per heavy atom. The van der Waals surface area contributed by atoms with E-state index in [2.05, 4.69) is 17.6 Å². The fourth-order valence-electron chi connectivity index (χ4n) is 3.14. The van der Waals surface area contributed by atoms with Crippen molar-refractivity contribution in [3.8, 4) is 0 Å². The number of amides is 1. The van der Waals surface area contributed by atoms with Crippen LogP contribution in [0.4, 0.5) is 0 Å². The first kappa shape index (κ1) is 21.5. The number of carbonyl (C=O) groups excluding carboxylic acids is 2. The Labute approximate surface area is 156 Å². The zero-order valence-corrected chi connectivity index (χ0v) is 15.8. The van der Waals surface area contributed by atoms with E-state index >= 15 is 0 Å². The fraction of sp³-hybridized carbons (Fsp3) is 0.579. The highest BCUT2D eigenvalue weighted by molar-refractivity contribution is 5.85. The zero-order chi connectivity index (χ0) is 17.4. The van der Waals surface area contributed by atoms with Crippen molar-refractivity contribution in [1.29, 1.82) is 0 Å². The Hall–Kier alpha value is -1.59. The Morgan fingerprint density at radius 3 is 2.68 bits per heavy atom. The van der Waals surface area contributed by atoms with E-state index in [1.54, 1.807) is 6.92 Å². The lowest BCUT2D eigenvalue weighted by atomic mass is 9.92. The quantitative estimate of drug-likeness (QED) is 0.725. The van der Waals surface area contributed by atoms with Crippen molar-refractivity contribution in [3.63, 3.8) is 0 Å². The number of nitrogens with one attached hydrogen (secondary N) is 2. The maximum absolute atomic E-state index is 12.4. The van der Waals surface area contributed by atoms with Crippen LogP contribution in [0, 0.1) is 11.8 Å². The van der Waals surface area contributed by atoms with E-state index in [1.807, 2.05) is 30.3 Å². The molecule has 1 aliphatic heterocycles. The summed E-state index contributed by atoms with van der Waals surface area (Å²) in [5.41, 5.74) is 1.07. The molecule has 2 N–H and O–H groups in total. The molecule has 1 amide bonds. The van der Waals surface area contributed by atoms with Crippen LogP contribution in [-0.4, -0.2) is 37.6 Å². The van der Waals surface area contributed by atoms with Crippen LogP contribution in [-0.2, 0) is 20.7 Å². The predicted octanol–water partition coefficient (Wildman–Crippen LogP) is 2.33. The van der Waals surface area contributed by atoms with E-state index in [-0.39, 0.29) is 36.1 Å². The molecular weight excluding hydrogens is 340 g/mol. The molecule has 1 saturated heterocycles. The van der Waals surface area contributed by atoms with Gasteiger partial charge in [-0.3, -0.25) is 9.59 Å². The van der Waals surface area contributed by atoms with Gasteiger partial charge in [-0.1, -0.05) is 30.3 Å². The standard InChI is InChI=1S/C19H28N2O3.ClH/c1-3-24-19(23)17(12-15-7-5-4-6-8-15)13-21-18(22)16-9-10-20-14(2)11-16;/h4-8,14,16-17,20H,3,9-13H2,1-2H3,(H,21,22);1H/t14-,16-,17?;/m0./s1. The number of ether oxygens (including phenoxy) is 1.